The molecule has 0 aromatic heterocycles. The number of benzene rings is 2. The van der Waals surface area contributed by atoms with Crippen molar-refractivity contribution >= 4 is 17.6 Å². The molecule has 1 amide bonds. The highest BCUT2D eigenvalue weighted by Crippen LogP contribution is 2.35. The lowest BCUT2D eigenvalue weighted by atomic mass is 9.90. The Morgan fingerprint density at radius 1 is 1.03 bits per heavy atom. The average Bonchev–Trinajstić information content (AvgIpc) is 2.76. The Labute approximate surface area is 183 Å². The standard InChI is InChI=1S/C24H30N2O5/c1-15-6-7-18(10-16(15)2)25-23(27)14-26-9-8-17-11-21(29-3)22(30-4)12-19(17)20(26)13-24(28)31-5/h6-7,10-12,20H,8-9,13-14H2,1-5H3,(H,25,27)/p+1/t20-/m0/s1. The molecule has 0 bridgehead atoms. The van der Waals surface area contributed by atoms with Gasteiger partial charge in [-0.25, -0.2) is 0 Å². The molecule has 0 saturated heterocycles. The second-order valence-corrected chi connectivity index (χ2v) is 7.92. The van der Waals surface area contributed by atoms with E-state index in [1.165, 1.54) is 12.7 Å². The Balaban J connectivity index is 1.84. The largest absolute Gasteiger partial charge is 0.493 e. The molecule has 2 atom stereocenters. The summed E-state index contributed by atoms with van der Waals surface area (Å²) in [5.74, 6) is 0.877. The Morgan fingerprint density at radius 3 is 2.39 bits per heavy atom. The van der Waals surface area contributed by atoms with E-state index in [-0.39, 0.29) is 30.9 Å². The highest BCUT2D eigenvalue weighted by molar-refractivity contribution is 5.91. The van der Waals surface area contributed by atoms with Crippen molar-refractivity contribution in [3.05, 3.63) is 52.6 Å². The maximum Gasteiger partial charge on any atom is 0.311 e. The third kappa shape index (κ3) is 5.17. The Hall–Kier alpha value is -3.06. The van der Waals surface area contributed by atoms with Crippen LogP contribution in [0.5, 0.6) is 11.5 Å². The first kappa shape index (κ1) is 22.6. The number of aryl methyl sites for hydroxylation is 2. The summed E-state index contributed by atoms with van der Waals surface area (Å²) in [4.78, 5) is 26.0. The van der Waals surface area contributed by atoms with Gasteiger partial charge in [0.05, 0.1) is 27.9 Å². The number of quaternary nitrogens is 1. The fraction of sp³-hybridized carbons (Fsp3) is 0.417. The van der Waals surface area contributed by atoms with Gasteiger partial charge in [0.2, 0.25) is 0 Å². The molecule has 1 unspecified atom stereocenters. The van der Waals surface area contributed by atoms with Crippen LogP contribution in [0.15, 0.2) is 30.3 Å². The molecular weight excluding hydrogens is 396 g/mol. The van der Waals surface area contributed by atoms with Gasteiger partial charge in [-0.1, -0.05) is 6.07 Å². The van der Waals surface area contributed by atoms with Crippen LogP contribution < -0.4 is 19.7 Å². The van der Waals surface area contributed by atoms with Gasteiger partial charge in [-0.05, 0) is 54.8 Å². The molecule has 0 radical (unpaired) electrons. The Kier molecular flexibility index (Phi) is 7.17. The predicted octanol–water partition coefficient (Wildman–Crippen LogP) is 2.00. The van der Waals surface area contributed by atoms with Crippen molar-refractivity contribution in [3.63, 3.8) is 0 Å². The minimum Gasteiger partial charge on any atom is -0.493 e. The van der Waals surface area contributed by atoms with Crippen LogP contribution in [0.4, 0.5) is 5.69 Å². The number of hydrogen-bond donors (Lipinski definition) is 2. The number of methoxy groups -OCH3 is 3. The molecule has 166 valence electrons. The molecule has 0 aliphatic carbocycles. The molecule has 1 aliphatic rings. The van der Waals surface area contributed by atoms with Crippen LogP contribution in [0, 0.1) is 13.8 Å². The molecule has 2 N–H and O–H groups in total. The van der Waals surface area contributed by atoms with E-state index in [1.54, 1.807) is 14.2 Å². The van der Waals surface area contributed by atoms with E-state index in [0.29, 0.717) is 11.5 Å². The lowest BCUT2D eigenvalue weighted by Gasteiger charge is -2.34. The van der Waals surface area contributed by atoms with Crippen molar-refractivity contribution in [1.82, 2.24) is 0 Å². The molecule has 7 nitrogen and oxygen atoms in total. The summed E-state index contributed by atoms with van der Waals surface area (Å²) in [6, 6.07) is 9.55. The van der Waals surface area contributed by atoms with E-state index >= 15 is 0 Å². The molecule has 7 heteroatoms. The summed E-state index contributed by atoms with van der Waals surface area (Å²) in [7, 11) is 4.57. The second kappa shape index (κ2) is 9.83. The first-order valence-electron chi connectivity index (χ1n) is 10.4. The molecule has 0 fully saturated rings. The number of hydrogen-bond acceptors (Lipinski definition) is 5. The zero-order chi connectivity index (χ0) is 22.5. The van der Waals surface area contributed by atoms with Gasteiger partial charge in [0, 0.05) is 17.7 Å². The number of anilines is 1. The average molecular weight is 428 g/mol. The molecule has 2 aromatic carbocycles. The zero-order valence-corrected chi connectivity index (χ0v) is 18.8. The third-order valence-corrected chi connectivity index (χ3v) is 6.01. The summed E-state index contributed by atoms with van der Waals surface area (Å²) in [5, 5.41) is 2.99. The fourth-order valence-electron chi connectivity index (χ4n) is 4.11. The smallest absolute Gasteiger partial charge is 0.311 e. The van der Waals surface area contributed by atoms with Crippen LogP contribution in [0.2, 0.25) is 0 Å². The molecular formula is C24H31N2O5+. The second-order valence-electron chi connectivity index (χ2n) is 7.92. The number of amides is 1. The number of rotatable bonds is 7. The van der Waals surface area contributed by atoms with Crippen LogP contribution in [0.25, 0.3) is 0 Å². The number of carbonyl (C=O) groups excluding carboxylic acids is 2. The van der Waals surface area contributed by atoms with E-state index in [9.17, 15) is 9.59 Å². The quantitative estimate of drug-likeness (QED) is 0.661. The van der Waals surface area contributed by atoms with Gasteiger partial charge in [0.25, 0.3) is 5.91 Å². The molecule has 1 heterocycles. The van der Waals surface area contributed by atoms with Crippen LogP contribution >= 0.6 is 0 Å². The first-order chi connectivity index (χ1) is 14.9. The van der Waals surface area contributed by atoms with Gasteiger partial charge < -0.3 is 24.4 Å². The highest BCUT2D eigenvalue weighted by atomic mass is 16.5. The zero-order valence-electron chi connectivity index (χ0n) is 18.8. The number of nitrogens with one attached hydrogen (secondary N) is 2. The van der Waals surface area contributed by atoms with Gasteiger partial charge in [-0.15, -0.1) is 0 Å². The normalized spacial score (nSPS) is 17.5. The van der Waals surface area contributed by atoms with Gasteiger partial charge in [-0.2, -0.15) is 0 Å². The monoisotopic (exact) mass is 427 g/mol. The SMILES string of the molecule is COC(=O)C[C@H]1c2cc(OC)c(OC)cc2CC[NH+]1CC(=O)Nc1ccc(C)c(C)c1. The lowest BCUT2D eigenvalue weighted by molar-refractivity contribution is -0.925. The number of carbonyl (C=O) groups is 2. The minimum absolute atomic E-state index is 0.0861. The van der Waals surface area contributed by atoms with Crippen LogP contribution in [-0.2, 0) is 20.7 Å². The lowest BCUT2D eigenvalue weighted by Crippen LogP contribution is -3.14. The fourth-order valence-corrected chi connectivity index (χ4v) is 4.11. The summed E-state index contributed by atoms with van der Waals surface area (Å²) >= 11 is 0. The predicted molar refractivity (Wildman–Crippen MR) is 118 cm³/mol. The van der Waals surface area contributed by atoms with Crippen molar-refractivity contribution in [2.24, 2.45) is 0 Å². The molecule has 2 aromatic rings. The summed E-state index contributed by atoms with van der Waals surface area (Å²) in [6.07, 6.45) is 0.963. The first-order valence-corrected chi connectivity index (χ1v) is 10.4. The molecule has 0 saturated carbocycles. The van der Waals surface area contributed by atoms with Gasteiger partial charge in [0.1, 0.15) is 12.5 Å². The van der Waals surface area contributed by atoms with Crippen molar-refractivity contribution in [1.29, 1.82) is 0 Å². The topological polar surface area (TPSA) is 78.3 Å². The molecule has 1 aliphatic heterocycles. The maximum absolute atomic E-state index is 12.8. The van der Waals surface area contributed by atoms with Gasteiger partial charge in [-0.3, -0.25) is 9.59 Å². The summed E-state index contributed by atoms with van der Waals surface area (Å²) in [6.45, 7) is 5.04. The van der Waals surface area contributed by atoms with E-state index in [1.807, 2.05) is 44.2 Å². The van der Waals surface area contributed by atoms with Crippen molar-refractivity contribution in [2.75, 3.05) is 39.7 Å². The van der Waals surface area contributed by atoms with E-state index in [2.05, 4.69) is 5.32 Å². The van der Waals surface area contributed by atoms with E-state index < -0.39 is 0 Å². The van der Waals surface area contributed by atoms with Gasteiger partial charge in [0.15, 0.2) is 18.0 Å². The van der Waals surface area contributed by atoms with E-state index in [0.717, 1.165) is 40.2 Å². The minimum atomic E-state index is -0.306. The number of ether oxygens (including phenoxy) is 3. The molecule has 3 rings (SSSR count). The third-order valence-electron chi connectivity index (χ3n) is 6.01. The highest BCUT2D eigenvalue weighted by Gasteiger charge is 2.35. The summed E-state index contributed by atoms with van der Waals surface area (Å²) < 4.78 is 15.8. The van der Waals surface area contributed by atoms with Crippen LogP contribution in [0.3, 0.4) is 0 Å². The number of esters is 1. The van der Waals surface area contributed by atoms with Crippen molar-refractivity contribution < 1.29 is 28.7 Å². The number of fused-ring (bicyclic) bond motifs is 1. The van der Waals surface area contributed by atoms with Crippen LogP contribution in [0.1, 0.15) is 34.7 Å². The van der Waals surface area contributed by atoms with E-state index in [4.69, 9.17) is 14.2 Å². The Bertz CT molecular complexity index is 973. The molecule has 0 spiro atoms. The van der Waals surface area contributed by atoms with Crippen molar-refractivity contribution in [3.8, 4) is 11.5 Å². The Morgan fingerprint density at radius 2 is 1.74 bits per heavy atom. The maximum atomic E-state index is 12.8. The van der Waals surface area contributed by atoms with Crippen LogP contribution in [-0.4, -0.2) is 46.3 Å². The van der Waals surface area contributed by atoms with Gasteiger partial charge >= 0.3 is 5.97 Å². The summed E-state index contributed by atoms with van der Waals surface area (Å²) in [5.41, 5.74) is 5.18. The van der Waals surface area contributed by atoms with Crippen molar-refractivity contribution in [2.45, 2.75) is 32.7 Å². The molecule has 31 heavy (non-hydrogen) atoms.